The highest BCUT2D eigenvalue weighted by Gasteiger charge is 2.16. The fourth-order valence-corrected chi connectivity index (χ4v) is 3.59. The lowest BCUT2D eigenvalue weighted by molar-refractivity contribution is 0.102. The van der Waals surface area contributed by atoms with Gasteiger partial charge in [0, 0.05) is 18.6 Å². The fourth-order valence-electron chi connectivity index (χ4n) is 1.81. The van der Waals surface area contributed by atoms with Gasteiger partial charge in [-0.2, -0.15) is 0 Å². The summed E-state index contributed by atoms with van der Waals surface area (Å²) in [6.45, 7) is 0. The van der Waals surface area contributed by atoms with Gasteiger partial charge in [-0.3, -0.25) is 4.79 Å². The number of hydrogen-bond donors (Lipinski definition) is 1. The van der Waals surface area contributed by atoms with Crippen LogP contribution in [0, 0.1) is 3.57 Å². The maximum absolute atomic E-state index is 12.5. The zero-order valence-corrected chi connectivity index (χ0v) is 17.1. The van der Waals surface area contributed by atoms with Crippen molar-refractivity contribution >= 4 is 66.0 Å². The summed E-state index contributed by atoms with van der Waals surface area (Å²) in [5.74, 6) is 0.987. The predicted molar refractivity (Wildman–Crippen MR) is 102 cm³/mol. The van der Waals surface area contributed by atoms with Crippen LogP contribution in [0.5, 0.6) is 11.5 Å². The molecule has 0 bridgehead atoms. The molecule has 2 aromatic rings. The standard InChI is InChI=1S/C15H12Br2INO3/c1-21-9-3-4-12(13(7-9)22-2)19-15(20)10-5-8(16)6-11(17)14(10)18/h3-7H,1-2H3,(H,19,20). The summed E-state index contributed by atoms with van der Waals surface area (Å²) in [4.78, 5) is 12.5. The molecule has 0 radical (unpaired) electrons. The number of rotatable bonds is 4. The second kappa shape index (κ2) is 7.65. The first kappa shape index (κ1) is 17.6. The van der Waals surface area contributed by atoms with Gasteiger partial charge >= 0.3 is 0 Å². The van der Waals surface area contributed by atoms with E-state index in [9.17, 15) is 4.79 Å². The average molecular weight is 541 g/mol. The Balaban J connectivity index is 2.33. The first-order valence-electron chi connectivity index (χ1n) is 6.14. The van der Waals surface area contributed by atoms with Crippen LogP contribution in [0.1, 0.15) is 10.4 Å². The lowest BCUT2D eigenvalue weighted by Gasteiger charge is -2.13. The SMILES string of the molecule is COc1ccc(NC(=O)c2cc(Br)cc(Br)c2I)c(OC)c1. The van der Waals surface area contributed by atoms with Crippen molar-refractivity contribution in [1.82, 2.24) is 0 Å². The third-order valence-corrected chi connectivity index (χ3v) is 5.88. The van der Waals surface area contributed by atoms with Crippen molar-refractivity contribution < 1.29 is 14.3 Å². The van der Waals surface area contributed by atoms with Crippen LogP contribution in [0.15, 0.2) is 39.3 Å². The molecule has 0 aliphatic heterocycles. The van der Waals surface area contributed by atoms with E-state index in [1.165, 1.54) is 0 Å². The summed E-state index contributed by atoms with van der Waals surface area (Å²) in [5.41, 5.74) is 1.15. The van der Waals surface area contributed by atoms with Gasteiger partial charge in [0.05, 0.1) is 25.5 Å². The number of anilines is 1. The Morgan fingerprint density at radius 3 is 2.50 bits per heavy atom. The lowest BCUT2D eigenvalue weighted by Crippen LogP contribution is -2.14. The molecule has 1 N–H and O–H groups in total. The molecule has 2 aromatic carbocycles. The topological polar surface area (TPSA) is 47.6 Å². The molecule has 0 unspecified atom stereocenters. The Morgan fingerprint density at radius 2 is 1.86 bits per heavy atom. The van der Waals surface area contributed by atoms with E-state index < -0.39 is 0 Å². The van der Waals surface area contributed by atoms with Gasteiger partial charge in [0.2, 0.25) is 0 Å². The van der Waals surface area contributed by atoms with Gasteiger partial charge in [-0.25, -0.2) is 0 Å². The number of carbonyl (C=O) groups is 1. The Labute approximate surface area is 159 Å². The molecule has 7 heteroatoms. The number of ether oxygens (including phenoxy) is 2. The lowest BCUT2D eigenvalue weighted by atomic mass is 10.2. The van der Waals surface area contributed by atoms with Gasteiger partial charge in [-0.1, -0.05) is 15.9 Å². The van der Waals surface area contributed by atoms with E-state index in [0.717, 1.165) is 12.5 Å². The van der Waals surface area contributed by atoms with Crippen molar-refractivity contribution in [3.8, 4) is 11.5 Å². The molecule has 0 heterocycles. The maximum Gasteiger partial charge on any atom is 0.256 e. The van der Waals surface area contributed by atoms with Gasteiger partial charge in [0.25, 0.3) is 5.91 Å². The number of hydrogen-bond acceptors (Lipinski definition) is 3. The molecular weight excluding hydrogens is 529 g/mol. The fraction of sp³-hybridized carbons (Fsp3) is 0.133. The molecule has 4 nitrogen and oxygen atoms in total. The molecule has 0 atom stereocenters. The number of benzene rings is 2. The molecule has 1 amide bonds. The number of carbonyl (C=O) groups excluding carboxylic acids is 1. The summed E-state index contributed by atoms with van der Waals surface area (Å²) in [6.07, 6.45) is 0. The molecule has 0 saturated carbocycles. The third-order valence-electron chi connectivity index (χ3n) is 2.89. The first-order chi connectivity index (χ1) is 10.5. The van der Waals surface area contributed by atoms with Crippen molar-refractivity contribution in [3.63, 3.8) is 0 Å². The van der Waals surface area contributed by atoms with E-state index in [1.807, 2.05) is 6.07 Å². The molecule has 2 rings (SSSR count). The summed E-state index contributed by atoms with van der Waals surface area (Å²) in [7, 11) is 3.12. The summed E-state index contributed by atoms with van der Waals surface area (Å²) in [5, 5.41) is 2.86. The second-order valence-electron chi connectivity index (χ2n) is 4.27. The monoisotopic (exact) mass is 539 g/mol. The van der Waals surface area contributed by atoms with Crippen molar-refractivity contribution in [3.05, 3.63) is 48.4 Å². The Kier molecular flexibility index (Phi) is 6.10. The van der Waals surface area contributed by atoms with E-state index in [1.54, 1.807) is 38.5 Å². The smallest absolute Gasteiger partial charge is 0.256 e. The van der Waals surface area contributed by atoms with E-state index >= 15 is 0 Å². The zero-order valence-electron chi connectivity index (χ0n) is 11.7. The zero-order chi connectivity index (χ0) is 16.3. The highest BCUT2D eigenvalue weighted by atomic mass is 127. The average Bonchev–Trinajstić information content (AvgIpc) is 2.51. The quantitative estimate of drug-likeness (QED) is 0.434. The van der Waals surface area contributed by atoms with Gasteiger partial charge < -0.3 is 14.8 Å². The molecule has 116 valence electrons. The normalized spacial score (nSPS) is 10.2. The molecule has 0 fully saturated rings. The molecule has 22 heavy (non-hydrogen) atoms. The molecular formula is C15H12Br2INO3. The van der Waals surface area contributed by atoms with Crippen molar-refractivity contribution in [2.75, 3.05) is 19.5 Å². The van der Waals surface area contributed by atoms with Crippen molar-refractivity contribution in [1.29, 1.82) is 0 Å². The Bertz CT molecular complexity index is 722. The molecule has 0 aliphatic carbocycles. The highest BCUT2D eigenvalue weighted by Crippen LogP contribution is 2.31. The minimum Gasteiger partial charge on any atom is -0.497 e. The van der Waals surface area contributed by atoms with Crippen LogP contribution in [0.4, 0.5) is 5.69 Å². The first-order valence-corrected chi connectivity index (χ1v) is 8.80. The van der Waals surface area contributed by atoms with E-state index in [4.69, 9.17) is 9.47 Å². The van der Waals surface area contributed by atoms with Crippen LogP contribution >= 0.6 is 54.5 Å². The second-order valence-corrected chi connectivity index (χ2v) is 7.12. The third kappa shape index (κ3) is 3.94. The van der Waals surface area contributed by atoms with Crippen LogP contribution < -0.4 is 14.8 Å². The minimum absolute atomic E-state index is 0.213. The highest BCUT2D eigenvalue weighted by molar-refractivity contribution is 14.1. The van der Waals surface area contributed by atoms with E-state index in [0.29, 0.717) is 22.7 Å². The number of halogens is 3. The molecule has 0 aromatic heterocycles. The maximum atomic E-state index is 12.5. The Hall–Kier alpha value is -0.800. The van der Waals surface area contributed by atoms with Gasteiger partial charge in [0.15, 0.2) is 0 Å². The number of methoxy groups -OCH3 is 2. The molecule has 0 saturated heterocycles. The largest absolute Gasteiger partial charge is 0.497 e. The van der Waals surface area contributed by atoms with Crippen LogP contribution in [-0.2, 0) is 0 Å². The van der Waals surface area contributed by atoms with Crippen LogP contribution in [-0.4, -0.2) is 20.1 Å². The predicted octanol–water partition coefficient (Wildman–Crippen LogP) is 5.09. The number of amides is 1. The van der Waals surface area contributed by atoms with Crippen LogP contribution in [0.25, 0.3) is 0 Å². The van der Waals surface area contributed by atoms with Gasteiger partial charge in [-0.05, 0) is 62.8 Å². The van der Waals surface area contributed by atoms with E-state index in [2.05, 4.69) is 59.8 Å². The molecule has 0 aliphatic rings. The van der Waals surface area contributed by atoms with Crippen molar-refractivity contribution in [2.24, 2.45) is 0 Å². The van der Waals surface area contributed by atoms with Gasteiger partial charge in [0.1, 0.15) is 11.5 Å². The van der Waals surface area contributed by atoms with Crippen LogP contribution in [0.3, 0.4) is 0 Å². The van der Waals surface area contributed by atoms with Gasteiger partial charge in [-0.15, -0.1) is 0 Å². The minimum atomic E-state index is -0.213. The summed E-state index contributed by atoms with van der Waals surface area (Å²) >= 11 is 8.96. The molecule has 0 spiro atoms. The number of nitrogens with one attached hydrogen (secondary N) is 1. The van der Waals surface area contributed by atoms with Crippen LogP contribution in [0.2, 0.25) is 0 Å². The van der Waals surface area contributed by atoms with Crippen molar-refractivity contribution in [2.45, 2.75) is 0 Å². The summed E-state index contributed by atoms with van der Waals surface area (Å²) in [6, 6.07) is 8.90. The van der Waals surface area contributed by atoms with E-state index in [-0.39, 0.29) is 5.91 Å². The summed E-state index contributed by atoms with van der Waals surface area (Å²) < 4.78 is 13.0. The Morgan fingerprint density at radius 1 is 1.14 bits per heavy atom.